The zero-order chi connectivity index (χ0) is 14.6. The number of piperazine rings is 1. The third-order valence-electron chi connectivity index (χ3n) is 5.41. The molecule has 0 aromatic rings. The van der Waals surface area contributed by atoms with Crippen LogP contribution < -0.4 is 5.32 Å². The number of hydrogen-bond acceptors (Lipinski definition) is 2. The maximum absolute atomic E-state index is 3.82. The van der Waals surface area contributed by atoms with Gasteiger partial charge in [-0.25, -0.2) is 0 Å². The highest BCUT2D eigenvalue weighted by Crippen LogP contribution is 2.41. The van der Waals surface area contributed by atoms with Crippen LogP contribution in [0, 0.1) is 11.8 Å². The molecule has 0 aromatic carbocycles. The van der Waals surface area contributed by atoms with Crippen molar-refractivity contribution in [2.75, 3.05) is 19.6 Å². The van der Waals surface area contributed by atoms with Crippen LogP contribution >= 0.6 is 0 Å². The molecule has 0 aromatic heterocycles. The van der Waals surface area contributed by atoms with E-state index in [4.69, 9.17) is 0 Å². The van der Waals surface area contributed by atoms with E-state index in [0.717, 1.165) is 17.9 Å². The highest BCUT2D eigenvalue weighted by molar-refractivity contribution is 5.03. The molecule has 0 radical (unpaired) electrons. The summed E-state index contributed by atoms with van der Waals surface area (Å²) in [4.78, 5) is 2.75. The van der Waals surface area contributed by atoms with Gasteiger partial charge in [0.25, 0.3) is 0 Å². The molecule has 2 nitrogen and oxygen atoms in total. The lowest BCUT2D eigenvalue weighted by atomic mass is 9.91. The molecule has 1 aliphatic heterocycles. The highest BCUT2D eigenvalue weighted by Gasteiger charge is 2.44. The van der Waals surface area contributed by atoms with Gasteiger partial charge in [0, 0.05) is 24.7 Å². The first kappa shape index (κ1) is 16.3. The Labute approximate surface area is 126 Å². The molecule has 2 unspecified atom stereocenters. The van der Waals surface area contributed by atoms with E-state index in [1.165, 1.54) is 64.6 Å². The van der Waals surface area contributed by atoms with Gasteiger partial charge in [-0.2, -0.15) is 0 Å². The van der Waals surface area contributed by atoms with Gasteiger partial charge in [-0.15, -0.1) is 0 Å². The molecule has 1 N–H and O–H groups in total. The van der Waals surface area contributed by atoms with Gasteiger partial charge >= 0.3 is 0 Å². The first-order valence-electron chi connectivity index (χ1n) is 9.00. The predicted octanol–water partition coefficient (Wildman–Crippen LogP) is 4.06. The Kier molecular flexibility index (Phi) is 5.92. The Bertz CT molecular complexity index is 285. The summed E-state index contributed by atoms with van der Waals surface area (Å²) in [5.41, 5.74) is 0.407. The Morgan fingerprint density at radius 1 is 1.15 bits per heavy atom. The van der Waals surface area contributed by atoms with Crippen LogP contribution in [0.3, 0.4) is 0 Å². The molecule has 0 amide bonds. The van der Waals surface area contributed by atoms with Crippen LogP contribution in [0.25, 0.3) is 0 Å². The molecule has 0 spiro atoms. The maximum Gasteiger partial charge on any atom is 0.0309 e. The van der Waals surface area contributed by atoms with Crippen LogP contribution in [-0.4, -0.2) is 36.1 Å². The molecule has 1 aliphatic carbocycles. The summed E-state index contributed by atoms with van der Waals surface area (Å²) in [5, 5.41) is 3.82. The summed E-state index contributed by atoms with van der Waals surface area (Å²) in [6.45, 7) is 13.3. The smallest absolute Gasteiger partial charge is 0.0309 e. The first-order valence-corrected chi connectivity index (χ1v) is 9.00. The lowest BCUT2D eigenvalue weighted by Gasteiger charge is -2.45. The Balaban J connectivity index is 1.63. The van der Waals surface area contributed by atoms with Crippen molar-refractivity contribution in [3.63, 3.8) is 0 Å². The average Bonchev–Trinajstić information content (AvgIpc) is 3.22. The maximum atomic E-state index is 3.82. The number of rotatable bonds is 8. The molecule has 2 rings (SSSR count). The predicted molar refractivity (Wildman–Crippen MR) is 88.1 cm³/mol. The highest BCUT2D eigenvalue weighted by atomic mass is 15.2. The first-order chi connectivity index (χ1) is 9.51. The second-order valence-corrected chi connectivity index (χ2v) is 7.99. The molecule has 1 saturated carbocycles. The van der Waals surface area contributed by atoms with E-state index >= 15 is 0 Å². The van der Waals surface area contributed by atoms with E-state index in [0.29, 0.717) is 5.54 Å². The zero-order valence-electron chi connectivity index (χ0n) is 14.3. The SMILES string of the molecule is CC(C)CCCCCCN1CC(C)(C2CC2)NCC1C. The topological polar surface area (TPSA) is 15.3 Å². The lowest BCUT2D eigenvalue weighted by molar-refractivity contribution is 0.0817. The fourth-order valence-electron chi connectivity index (χ4n) is 3.66. The third-order valence-corrected chi connectivity index (χ3v) is 5.41. The van der Waals surface area contributed by atoms with Crippen LogP contribution in [0.5, 0.6) is 0 Å². The number of nitrogens with one attached hydrogen (secondary N) is 1. The molecule has 0 bridgehead atoms. The molecule has 1 heterocycles. The van der Waals surface area contributed by atoms with E-state index < -0.39 is 0 Å². The minimum Gasteiger partial charge on any atom is -0.308 e. The summed E-state index contributed by atoms with van der Waals surface area (Å²) in [6, 6.07) is 0.720. The van der Waals surface area contributed by atoms with Gasteiger partial charge in [0.05, 0.1) is 0 Å². The van der Waals surface area contributed by atoms with Crippen molar-refractivity contribution < 1.29 is 0 Å². The van der Waals surface area contributed by atoms with Gasteiger partial charge in [0.1, 0.15) is 0 Å². The molecular weight excluding hydrogens is 244 g/mol. The fraction of sp³-hybridized carbons (Fsp3) is 1.00. The molecule has 2 heteroatoms. The largest absolute Gasteiger partial charge is 0.308 e. The molecule has 2 atom stereocenters. The lowest BCUT2D eigenvalue weighted by Crippen LogP contribution is -2.63. The van der Waals surface area contributed by atoms with Crippen molar-refractivity contribution in [2.24, 2.45) is 11.8 Å². The van der Waals surface area contributed by atoms with Crippen molar-refractivity contribution in [1.82, 2.24) is 10.2 Å². The van der Waals surface area contributed by atoms with Crippen molar-refractivity contribution in [1.29, 1.82) is 0 Å². The number of hydrogen-bond donors (Lipinski definition) is 1. The minimum absolute atomic E-state index is 0.407. The van der Waals surface area contributed by atoms with Crippen molar-refractivity contribution in [3.8, 4) is 0 Å². The van der Waals surface area contributed by atoms with Gasteiger partial charge in [-0.3, -0.25) is 4.90 Å². The van der Waals surface area contributed by atoms with Gasteiger partial charge in [0.2, 0.25) is 0 Å². The van der Waals surface area contributed by atoms with Crippen LogP contribution in [0.2, 0.25) is 0 Å². The Morgan fingerprint density at radius 2 is 1.85 bits per heavy atom. The summed E-state index contributed by atoms with van der Waals surface area (Å²) in [5.74, 6) is 1.82. The van der Waals surface area contributed by atoms with Crippen LogP contribution in [-0.2, 0) is 0 Å². The molecular formula is C18H36N2. The summed E-state index contributed by atoms with van der Waals surface area (Å²) >= 11 is 0. The van der Waals surface area contributed by atoms with Crippen LogP contribution in [0.4, 0.5) is 0 Å². The average molecular weight is 280 g/mol. The zero-order valence-corrected chi connectivity index (χ0v) is 14.3. The monoisotopic (exact) mass is 280 g/mol. The molecule has 2 aliphatic rings. The van der Waals surface area contributed by atoms with Gasteiger partial charge < -0.3 is 5.32 Å². The van der Waals surface area contributed by atoms with E-state index in [2.05, 4.69) is 37.9 Å². The second kappa shape index (κ2) is 7.26. The summed E-state index contributed by atoms with van der Waals surface area (Å²) in [6.07, 6.45) is 9.96. The van der Waals surface area contributed by atoms with Crippen molar-refractivity contribution >= 4 is 0 Å². The van der Waals surface area contributed by atoms with Gasteiger partial charge in [-0.1, -0.05) is 39.5 Å². The molecule has 1 saturated heterocycles. The summed E-state index contributed by atoms with van der Waals surface area (Å²) in [7, 11) is 0. The van der Waals surface area contributed by atoms with Crippen LogP contribution in [0.15, 0.2) is 0 Å². The summed E-state index contributed by atoms with van der Waals surface area (Å²) < 4.78 is 0. The van der Waals surface area contributed by atoms with Gasteiger partial charge in [-0.05, 0) is 51.5 Å². The normalized spacial score (nSPS) is 31.9. The Hall–Kier alpha value is -0.0800. The third kappa shape index (κ3) is 4.73. The van der Waals surface area contributed by atoms with Gasteiger partial charge in [0.15, 0.2) is 0 Å². The molecule has 118 valence electrons. The van der Waals surface area contributed by atoms with Crippen molar-refractivity contribution in [3.05, 3.63) is 0 Å². The Morgan fingerprint density at radius 3 is 2.50 bits per heavy atom. The molecule has 20 heavy (non-hydrogen) atoms. The van der Waals surface area contributed by atoms with Crippen molar-refractivity contribution in [2.45, 2.75) is 84.2 Å². The fourth-order valence-corrected chi connectivity index (χ4v) is 3.66. The van der Waals surface area contributed by atoms with Crippen LogP contribution in [0.1, 0.15) is 72.6 Å². The standard InChI is InChI=1S/C18H36N2/c1-15(2)9-7-5-6-8-12-20-14-18(4,17-10-11-17)19-13-16(20)3/h15-17,19H,5-14H2,1-4H3. The second-order valence-electron chi connectivity index (χ2n) is 7.99. The number of unbranched alkanes of at least 4 members (excludes halogenated alkanes) is 3. The minimum atomic E-state index is 0.407. The quantitative estimate of drug-likeness (QED) is 0.675. The van der Waals surface area contributed by atoms with E-state index in [1.807, 2.05) is 0 Å². The molecule has 2 fully saturated rings. The van der Waals surface area contributed by atoms with E-state index in [9.17, 15) is 0 Å². The number of nitrogens with zero attached hydrogens (tertiary/aromatic N) is 1. The van der Waals surface area contributed by atoms with E-state index in [-0.39, 0.29) is 0 Å². The van der Waals surface area contributed by atoms with E-state index in [1.54, 1.807) is 0 Å².